The minimum absolute atomic E-state index is 0.0763. The molecule has 7 heteroatoms. The number of nitrogens with one attached hydrogen (secondary N) is 1. The Kier molecular flexibility index (Phi) is 7.32. The standard InChI is InChI=1S/C23H24FN3O3/c1-30-21-6-3-2-5-18(21)14-15-25-22(28)7-4-16-27-23(29)13-12-20(26-27)17-8-10-19(24)11-9-17/h2-3,5-6,8-13H,4,7,14-16H2,1H3,(H,25,28). The number of hydrogen-bond donors (Lipinski definition) is 1. The van der Waals surface area contributed by atoms with Gasteiger partial charge in [0.25, 0.3) is 5.56 Å². The highest BCUT2D eigenvalue weighted by atomic mass is 19.1. The minimum atomic E-state index is -0.330. The second-order valence-electron chi connectivity index (χ2n) is 6.80. The van der Waals surface area contributed by atoms with Gasteiger partial charge in [-0.1, -0.05) is 18.2 Å². The second-order valence-corrected chi connectivity index (χ2v) is 6.80. The lowest BCUT2D eigenvalue weighted by molar-refractivity contribution is -0.121. The summed E-state index contributed by atoms with van der Waals surface area (Å²) in [7, 11) is 1.62. The van der Waals surface area contributed by atoms with E-state index in [4.69, 9.17) is 4.74 Å². The lowest BCUT2D eigenvalue weighted by Gasteiger charge is -2.10. The molecule has 6 nitrogen and oxygen atoms in total. The van der Waals surface area contributed by atoms with Crippen LogP contribution in [0.1, 0.15) is 18.4 Å². The summed E-state index contributed by atoms with van der Waals surface area (Å²) in [5.41, 5.74) is 2.10. The van der Waals surface area contributed by atoms with E-state index in [1.54, 1.807) is 25.3 Å². The van der Waals surface area contributed by atoms with Crippen molar-refractivity contribution in [1.82, 2.24) is 15.1 Å². The zero-order chi connectivity index (χ0) is 21.3. The Balaban J connectivity index is 1.48. The molecular weight excluding hydrogens is 385 g/mol. The monoisotopic (exact) mass is 409 g/mol. The van der Waals surface area contributed by atoms with Gasteiger partial charge in [0.2, 0.25) is 5.91 Å². The molecule has 156 valence electrons. The summed E-state index contributed by atoms with van der Waals surface area (Å²) in [6, 6.07) is 16.7. The molecule has 0 bridgehead atoms. The van der Waals surface area contributed by atoms with Crippen molar-refractivity contribution >= 4 is 5.91 Å². The SMILES string of the molecule is COc1ccccc1CCNC(=O)CCCn1nc(-c2ccc(F)cc2)ccc1=O. The number of hydrogen-bond acceptors (Lipinski definition) is 4. The number of aryl methyl sites for hydroxylation is 1. The highest BCUT2D eigenvalue weighted by Crippen LogP contribution is 2.17. The van der Waals surface area contributed by atoms with Crippen LogP contribution in [0.25, 0.3) is 11.3 Å². The lowest BCUT2D eigenvalue weighted by atomic mass is 10.1. The van der Waals surface area contributed by atoms with E-state index in [0.717, 1.165) is 16.9 Å². The molecule has 1 N–H and O–H groups in total. The molecule has 1 aromatic heterocycles. The van der Waals surface area contributed by atoms with Crippen molar-refractivity contribution in [2.24, 2.45) is 0 Å². The first kappa shape index (κ1) is 21.2. The van der Waals surface area contributed by atoms with Crippen LogP contribution in [-0.2, 0) is 17.8 Å². The first-order chi connectivity index (χ1) is 14.6. The normalized spacial score (nSPS) is 10.6. The van der Waals surface area contributed by atoms with Gasteiger partial charge in [-0.3, -0.25) is 9.59 Å². The molecule has 2 aromatic carbocycles. The summed E-state index contributed by atoms with van der Waals surface area (Å²) in [5.74, 6) is 0.398. The highest BCUT2D eigenvalue weighted by Gasteiger charge is 2.07. The van der Waals surface area contributed by atoms with Crippen LogP contribution < -0.4 is 15.6 Å². The number of carbonyl (C=O) groups excluding carboxylic acids is 1. The van der Waals surface area contributed by atoms with Crippen molar-refractivity contribution in [3.8, 4) is 17.0 Å². The predicted octanol–water partition coefficient (Wildman–Crippen LogP) is 3.20. The molecule has 3 aromatic rings. The van der Waals surface area contributed by atoms with Gasteiger partial charge in [-0.05, 0) is 54.8 Å². The van der Waals surface area contributed by atoms with Gasteiger partial charge in [0, 0.05) is 31.1 Å². The van der Waals surface area contributed by atoms with Gasteiger partial charge in [0.1, 0.15) is 11.6 Å². The number of rotatable bonds is 9. The van der Waals surface area contributed by atoms with Crippen molar-refractivity contribution in [3.63, 3.8) is 0 Å². The van der Waals surface area contributed by atoms with E-state index in [1.165, 1.54) is 22.9 Å². The fraction of sp³-hybridized carbons (Fsp3) is 0.261. The van der Waals surface area contributed by atoms with Gasteiger partial charge >= 0.3 is 0 Å². The molecule has 0 radical (unpaired) electrons. The number of aromatic nitrogens is 2. The van der Waals surface area contributed by atoms with Gasteiger partial charge in [-0.2, -0.15) is 5.10 Å². The molecule has 0 saturated carbocycles. The van der Waals surface area contributed by atoms with Gasteiger partial charge < -0.3 is 10.1 Å². The van der Waals surface area contributed by atoms with Crippen molar-refractivity contribution in [2.45, 2.75) is 25.8 Å². The third-order valence-corrected chi connectivity index (χ3v) is 4.69. The summed E-state index contributed by atoms with van der Waals surface area (Å²) in [5, 5.41) is 7.21. The summed E-state index contributed by atoms with van der Waals surface area (Å²) < 4.78 is 19.7. The number of halogens is 1. The van der Waals surface area contributed by atoms with E-state index < -0.39 is 0 Å². The topological polar surface area (TPSA) is 73.2 Å². The maximum atomic E-state index is 13.1. The van der Waals surface area contributed by atoms with E-state index in [1.807, 2.05) is 24.3 Å². The molecule has 1 heterocycles. The molecule has 3 rings (SSSR count). The first-order valence-electron chi connectivity index (χ1n) is 9.79. The van der Waals surface area contributed by atoms with Gasteiger partial charge in [0.05, 0.1) is 12.8 Å². The number of methoxy groups -OCH3 is 1. The van der Waals surface area contributed by atoms with Gasteiger partial charge in [0.15, 0.2) is 0 Å². The third-order valence-electron chi connectivity index (χ3n) is 4.69. The number of amides is 1. The van der Waals surface area contributed by atoms with Crippen LogP contribution in [0, 0.1) is 5.82 Å². The average molecular weight is 409 g/mol. The van der Waals surface area contributed by atoms with Crippen molar-refractivity contribution in [2.75, 3.05) is 13.7 Å². The number of carbonyl (C=O) groups is 1. The molecule has 0 aliphatic carbocycles. The zero-order valence-electron chi connectivity index (χ0n) is 16.8. The Morgan fingerprint density at radius 3 is 2.63 bits per heavy atom. The maximum Gasteiger partial charge on any atom is 0.266 e. The van der Waals surface area contributed by atoms with E-state index in [9.17, 15) is 14.0 Å². The summed E-state index contributed by atoms with van der Waals surface area (Å²) in [6.07, 6.45) is 1.46. The Morgan fingerprint density at radius 1 is 1.10 bits per heavy atom. The largest absolute Gasteiger partial charge is 0.496 e. The summed E-state index contributed by atoms with van der Waals surface area (Å²) >= 11 is 0. The van der Waals surface area contributed by atoms with Crippen molar-refractivity contribution < 1.29 is 13.9 Å². The van der Waals surface area contributed by atoms with Crippen LogP contribution in [0.3, 0.4) is 0 Å². The Labute approximate surface area is 174 Å². The Morgan fingerprint density at radius 2 is 1.87 bits per heavy atom. The van der Waals surface area contributed by atoms with Crippen molar-refractivity contribution in [3.05, 3.63) is 82.4 Å². The molecule has 0 fully saturated rings. The second kappa shape index (κ2) is 10.3. The molecule has 0 saturated heterocycles. The van der Waals surface area contributed by atoms with Crippen LogP contribution in [0.4, 0.5) is 4.39 Å². The smallest absolute Gasteiger partial charge is 0.266 e. The molecule has 0 atom stereocenters. The molecule has 0 aliphatic heterocycles. The van der Waals surface area contributed by atoms with Crippen LogP contribution in [0.2, 0.25) is 0 Å². The number of ether oxygens (including phenoxy) is 1. The predicted molar refractivity (Wildman–Crippen MR) is 113 cm³/mol. The van der Waals surface area contributed by atoms with E-state index in [0.29, 0.717) is 38.0 Å². The summed E-state index contributed by atoms with van der Waals surface area (Å²) in [6.45, 7) is 0.839. The fourth-order valence-corrected chi connectivity index (χ4v) is 3.11. The van der Waals surface area contributed by atoms with Crippen molar-refractivity contribution in [1.29, 1.82) is 0 Å². The van der Waals surface area contributed by atoms with Crippen LogP contribution in [-0.4, -0.2) is 29.3 Å². The molecule has 0 unspecified atom stereocenters. The molecular formula is C23H24FN3O3. The van der Waals surface area contributed by atoms with Gasteiger partial charge in [-0.15, -0.1) is 0 Å². The maximum absolute atomic E-state index is 13.1. The Hall–Kier alpha value is -3.48. The highest BCUT2D eigenvalue weighted by molar-refractivity contribution is 5.75. The lowest BCUT2D eigenvalue weighted by Crippen LogP contribution is -2.27. The van der Waals surface area contributed by atoms with E-state index in [2.05, 4.69) is 10.4 Å². The molecule has 0 aliphatic rings. The third kappa shape index (κ3) is 5.76. The van der Waals surface area contributed by atoms with Gasteiger partial charge in [-0.25, -0.2) is 9.07 Å². The van der Waals surface area contributed by atoms with Crippen LogP contribution >= 0.6 is 0 Å². The number of benzene rings is 2. The van der Waals surface area contributed by atoms with E-state index in [-0.39, 0.29) is 17.3 Å². The average Bonchev–Trinajstić information content (AvgIpc) is 2.76. The van der Waals surface area contributed by atoms with Crippen LogP contribution in [0.15, 0.2) is 65.5 Å². The minimum Gasteiger partial charge on any atom is -0.496 e. The Bertz CT molecular complexity index is 1050. The van der Waals surface area contributed by atoms with E-state index >= 15 is 0 Å². The quantitative estimate of drug-likeness (QED) is 0.589. The molecule has 1 amide bonds. The molecule has 0 spiro atoms. The fourth-order valence-electron chi connectivity index (χ4n) is 3.11. The van der Waals surface area contributed by atoms with Crippen LogP contribution in [0.5, 0.6) is 5.75 Å². The number of nitrogens with zero attached hydrogens (tertiary/aromatic N) is 2. The zero-order valence-corrected chi connectivity index (χ0v) is 16.8. The molecule has 30 heavy (non-hydrogen) atoms. The summed E-state index contributed by atoms with van der Waals surface area (Å²) in [4.78, 5) is 24.1. The number of para-hydroxylation sites is 1. The first-order valence-corrected chi connectivity index (χ1v) is 9.79.